The number of carbonyl (C=O) groups excluding carboxylic acids is 3. The van der Waals surface area contributed by atoms with Crippen LogP contribution in [-0.4, -0.2) is 67.8 Å². The highest BCUT2D eigenvalue weighted by atomic mass is 16.9. The Balaban J connectivity index is 2.28. The van der Waals surface area contributed by atoms with Gasteiger partial charge in [0.15, 0.2) is 24.6 Å². The molecule has 6 atom stereocenters. The summed E-state index contributed by atoms with van der Waals surface area (Å²) in [5.74, 6) is -3.28. The van der Waals surface area contributed by atoms with E-state index in [1.165, 1.54) is 33.8 Å². The molecule has 0 saturated carbocycles. The van der Waals surface area contributed by atoms with Gasteiger partial charge in [-0.1, -0.05) is 6.08 Å². The summed E-state index contributed by atoms with van der Waals surface area (Å²) in [6.45, 7) is 8.61. The number of hydrogen-bond acceptors (Lipinski definition) is 10. The van der Waals surface area contributed by atoms with Crippen LogP contribution in [0, 0.1) is 0 Å². The molecule has 152 valence electrons. The molecule has 2 aliphatic heterocycles. The molecule has 0 bridgehead atoms. The van der Waals surface area contributed by atoms with Gasteiger partial charge in [-0.15, -0.1) is 6.58 Å². The molecular formula is C17H24O10. The molecule has 2 rings (SSSR count). The summed E-state index contributed by atoms with van der Waals surface area (Å²) in [4.78, 5) is 34.3. The lowest BCUT2D eigenvalue weighted by atomic mass is 9.98. The van der Waals surface area contributed by atoms with E-state index in [2.05, 4.69) is 6.58 Å². The summed E-state index contributed by atoms with van der Waals surface area (Å²) >= 11 is 0. The van der Waals surface area contributed by atoms with Gasteiger partial charge in [0.25, 0.3) is 5.97 Å². The van der Waals surface area contributed by atoms with Crippen molar-refractivity contribution >= 4 is 17.9 Å². The average Bonchev–Trinajstić information content (AvgIpc) is 2.89. The van der Waals surface area contributed by atoms with Crippen LogP contribution in [0.25, 0.3) is 0 Å². The normalized spacial score (nSPS) is 35.0. The molecule has 0 spiro atoms. The summed E-state index contributed by atoms with van der Waals surface area (Å²) in [7, 11) is 0. The first-order chi connectivity index (χ1) is 12.6. The topological polar surface area (TPSA) is 116 Å². The van der Waals surface area contributed by atoms with E-state index in [1.54, 1.807) is 0 Å². The fourth-order valence-electron chi connectivity index (χ4n) is 2.86. The lowest BCUT2D eigenvalue weighted by Crippen LogP contribution is -2.60. The lowest BCUT2D eigenvalue weighted by molar-refractivity contribution is -0.340. The van der Waals surface area contributed by atoms with Crippen molar-refractivity contribution < 1.29 is 47.5 Å². The maximum atomic E-state index is 11.6. The number of carbonyl (C=O) groups is 3. The van der Waals surface area contributed by atoms with Gasteiger partial charge in [-0.05, 0) is 0 Å². The third-order valence-electron chi connectivity index (χ3n) is 3.79. The van der Waals surface area contributed by atoms with E-state index in [1.807, 2.05) is 0 Å². The van der Waals surface area contributed by atoms with Crippen molar-refractivity contribution in [3.8, 4) is 0 Å². The molecule has 1 unspecified atom stereocenters. The van der Waals surface area contributed by atoms with Crippen molar-refractivity contribution in [3.05, 3.63) is 12.7 Å². The zero-order valence-electron chi connectivity index (χ0n) is 15.7. The van der Waals surface area contributed by atoms with Crippen LogP contribution >= 0.6 is 0 Å². The summed E-state index contributed by atoms with van der Waals surface area (Å²) in [5.41, 5.74) is 0. The van der Waals surface area contributed by atoms with Gasteiger partial charge in [-0.25, -0.2) is 0 Å². The van der Waals surface area contributed by atoms with Crippen LogP contribution in [0.1, 0.15) is 27.7 Å². The second kappa shape index (κ2) is 8.79. The molecule has 0 radical (unpaired) electrons. The molecule has 2 saturated heterocycles. The highest BCUT2D eigenvalue weighted by Crippen LogP contribution is 2.39. The monoisotopic (exact) mass is 388 g/mol. The first-order valence-electron chi connectivity index (χ1n) is 8.39. The molecule has 0 aliphatic carbocycles. The van der Waals surface area contributed by atoms with Gasteiger partial charge >= 0.3 is 17.9 Å². The Morgan fingerprint density at radius 1 is 1.04 bits per heavy atom. The zero-order valence-corrected chi connectivity index (χ0v) is 15.7. The van der Waals surface area contributed by atoms with Gasteiger partial charge in [0, 0.05) is 27.7 Å². The third-order valence-corrected chi connectivity index (χ3v) is 3.79. The Morgan fingerprint density at radius 2 is 1.67 bits per heavy atom. The van der Waals surface area contributed by atoms with Gasteiger partial charge in [-0.2, -0.15) is 0 Å². The molecule has 27 heavy (non-hydrogen) atoms. The standard InChI is InChI=1S/C17H24O10/c1-6-7-22-17(5)26-15-14(24-11(4)20)13(23-10(3)19)12(8-21-9(2)18)25-16(15)27-17/h6,12-16H,1,7-8H2,2-5H3/t12-,13-,14+,15+,16-,17?/m1/s1. The quantitative estimate of drug-likeness (QED) is 0.345. The smallest absolute Gasteiger partial charge is 0.303 e. The largest absolute Gasteiger partial charge is 0.463 e. The lowest BCUT2D eigenvalue weighted by Gasteiger charge is -2.40. The molecule has 2 heterocycles. The van der Waals surface area contributed by atoms with Gasteiger partial charge in [0.1, 0.15) is 12.7 Å². The summed E-state index contributed by atoms with van der Waals surface area (Å²) < 4.78 is 38.2. The maximum Gasteiger partial charge on any atom is 0.303 e. The number of hydrogen-bond donors (Lipinski definition) is 0. The van der Waals surface area contributed by atoms with E-state index in [0.29, 0.717) is 0 Å². The predicted molar refractivity (Wildman–Crippen MR) is 86.9 cm³/mol. The molecule has 10 heteroatoms. The van der Waals surface area contributed by atoms with E-state index in [9.17, 15) is 14.4 Å². The molecule has 2 fully saturated rings. The number of rotatable bonds is 7. The molecule has 0 aromatic carbocycles. The van der Waals surface area contributed by atoms with Crippen molar-refractivity contribution in [1.29, 1.82) is 0 Å². The molecule has 0 amide bonds. The van der Waals surface area contributed by atoms with Crippen LogP contribution in [0.3, 0.4) is 0 Å². The van der Waals surface area contributed by atoms with Crippen LogP contribution in [0.5, 0.6) is 0 Å². The van der Waals surface area contributed by atoms with Gasteiger partial charge < -0.3 is 28.4 Å². The fourth-order valence-corrected chi connectivity index (χ4v) is 2.86. The number of ether oxygens (including phenoxy) is 7. The summed E-state index contributed by atoms with van der Waals surface area (Å²) in [6.07, 6.45) is -3.49. The minimum absolute atomic E-state index is 0.137. The van der Waals surface area contributed by atoms with Crippen molar-refractivity contribution in [2.24, 2.45) is 0 Å². The minimum atomic E-state index is -1.49. The summed E-state index contributed by atoms with van der Waals surface area (Å²) in [5, 5.41) is 0. The number of fused-ring (bicyclic) bond motifs is 1. The molecule has 0 aromatic rings. The van der Waals surface area contributed by atoms with Crippen molar-refractivity contribution in [2.45, 2.75) is 64.4 Å². The highest BCUT2D eigenvalue weighted by molar-refractivity contribution is 5.67. The maximum absolute atomic E-state index is 11.6. The van der Waals surface area contributed by atoms with Crippen LogP contribution in [0.15, 0.2) is 12.7 Å². The van der Waals surface area contributed by atoms with E-state index in [0.717, 1.165) is 0 Å². The molecule has 0 aromatic heterocycles. The second-order valence-electron chi connectivity index (χ2n) is 6.16. The third kappa shape index (κ3) is 5.48. The van der Waals surface area contributed by atoms with E-state index in [-0.39, 0.29) is 13.2 Å². The molecule has 10 nitrogen and oxygen atoms in total. The van der Waals surface area contributed by atoms with Crippen LogP contribution in [0.2, 0.25) is 0 Å². The van der Waals surface area contributed by atoms with Gasteiger partial charge in [0.05, 0.1) is 6.61 Å². The number of esters is 3. The minimum Gasteiger partial charge on any atom is -0.463 e. The van der Waals surface area contributed by atoms with Gasteiger partial charge in [0.2, 0.25) is 0 Å². The Bertz CT molecular complexity index is 590. The molecule has 0 N–H and O–H groups in total. The van der Waals surface area contributed by atoms with E-state index in [4.69, 9.17) is 33.2 Å². The van der Waals surface area contributed by atoms with Crippen molar-refractivity contribution in [3.63, 3.8) is 0 Å². The predicted octanol–water partition coefficient (Wildman–Crippen LogP) is 0.429. The van der Waals surface area contributed by atoms with E-state index >= 15 is 0 Å². The zero-order chi connectivity index (χ0) is 20.2. The van der Waals surface area contributed by atoms with Gasteiger partial charge in [-0.3, -0.25) is 19.1 Å². The SMILES string of the molecule is C=CCOC1(C)O[C@H]2O[C@H](COC(C)=O)[C@@H](OC(C)=O)[C@H](OC(C)=O)[C@@H]2O1. The Labute approximate surface area is 156 Å². The van der Waals surface area contributed by atoms with Crippen molar-refractivity contribution in [1.82, 2.24) is 0 Å². The summed E-state index contributed by atoms with van der Waals surface area (Å²) in [6, 6.07) is 0. The Hall–Kier alpha value is -2.01. The fraction of sp³-hybridized carbons (Fsp3) is 0.706. The highest BCUT2D eigenvalue weighted by Gasteiger charge is 2.59. The van der Waals surface area contributed by atoms with Crippen LogP contribution < -0.4 is 0 Å². The molecule has 2 aliphatic rings. The first-order valence-corrected chi connectivity index (χ1v) is 8.39. The van der Waals surface area contributed by atoms with Crippen LogP contribution in [0.4, 0.5) is 0 Å². The van der Waals surface area contributed by atoms with E-state index < -0.39 is 54.6 Å². The first kappa shape index (κ1) is 21.3. The Morgan fingerprint density at radius 3 is 2.22 bits per heavy atom. The second-order valence-corrected chi connectivity index (χ2v) is 6.16. The van der Waals surface area contributed by atoms with Crippen LogP contribution in [-0.2, 0) is 47.5 Å². The van der Waals surface area contributed by atoms with Crippen molar-refractivity contribution in [2.75, 3.05) is 13.2 Å². The average molecular weight is 388 g/mol. The molecular weight excluding hydrogens is 364 g/mol. The Kier molecular flexibility index (Phi) is 6.93.